The van der Waals surface area contributed by atoms with Crippen molar-refractivity contribution in [3.8, 4) is 0 Å². The molecule has 1 saturated heterocycles. The summed E-state index contributed by atoms with van der Waals surface area (Å²) in [6.45, 7) is 5.23. The highest BCUT2D eigenvalue weighted by molar-refractivity contribution is 5.77. The molecule has 0 unspecified atom stereocenters. The van der Waals surface area contributed by atoms with Crippen LogP contribution in [0.2, 0.25) is 0 Å². The van der Waals surface area contributed by atoms with E-state index in [4.69, 9.17) is 0 Å². The minimum Gasteiger partial charge on any atom is -0.342 e. The van der Waals surface area contributed by atoms with E-state index < -0.39 is 0 Å². The van der Waals surface area contributed by atoms with Gasteiger partial charge < -0.3 is 4.90 Å². The molecule has 0 bridgehead atoms. The molecule has 170 valence electrons. The second-order valence-corrected chi connectivity index (χ2v) is 12.0. The lowest BCUT2D eigenvalue weighted by Crippen LogP contribution is -2.61. The molecule has 31 heavy (non-hydrogen) atoms. The summed E-state index contributed by atoms with van der Waals surface area (Å²) in [5.41, 5.74) is 2.44. The molecule has 4 fully saturated rings. The van der Waals surface area contributed by atoms with Gasteiger partial charge in [0.2, 0.25) is 5.91 Å². The van der Waals surface area contributed by atoms with Crippen molar-refractivity contribution in [2.75, 3.05) is 7.05 Å². The van der Waals surface area contributed by atoms with E-state index in [1.165, 1.54) is 69.8 Å². The Morgan fingerprint density at radius 2 is 1.68 bits per heavy atom. The van der Waals surface area contributed by atoms with Gasteiger partial charge >= 0.3 is 0 Å². The Balaban J connectivity index is 1.23. The lowest BCUT2D eigenvalue weighted by molar-refractivity contribution is -0.158. The number of carbonyl (C=O) groups is 1. The van der Waals surface area contributed by atoms with Crippen molar-refractivity contribution in [3.05, 3.63) is 35.9 Å². The minimum absolute atomic E-state index is 0.362. The largest absolute Gasteiger partial charge is 0.342 e. The Morgan fingerprint density at radius 3 is 2.48 bits per heavy atom. The molecule has 3 aliphatic carbocycles. The highest BCUT2D eigenvalue weighted by Gasteiger charge is 2.60. The van der Waals surface area contributed by atoms with Crippen molar-refractivity contribution in [2.45, 2.75) is 96.9 Å². The molecule has 0 spiro atoms. The van der Waals surface area contributed by atoms with Crippen LogP contribution in [0.25, 0.3) is 0 Å². The number of fused-ring (bicyclic) bond motifs is 5. The maximum Gasteiger partial charge on any atom is 0.222 e. The number of likely N-dealkylation sites (tertiary alicyclic amines) is 1. The number of hydrogen-bond donors (Lipinski definition) is 0. The average molecular weight is 422 g/mol. The summed E-state index contributed by atoms with van der Waals surface area (Å²) in [6.07, 6.45) is 15.7. The number of carbonyl (C=O) groups excluding carboxylic acids is 1. The number of hydrogen-bond acceptors (Lipinski definition) is 1. The van der Waals surface area contributed by atoms with Crippen LogP contribution >= 0.6 is 0 Å². The number of rotatable bonds is 5. The van der Waals surface area contributed by atoms with Crippen LogP contribution in [0, 0.1) is 34.5 Å². The van der Waals surface area contributed by atoms with Crippen LogP contribution in [0.4, 0.5) is 0 Å². The predicted molar refractivity (Wildman–Crippen MR) is 128 cm³/mol. The summed E-state index contributed by atoms with van der Waals surface area (Å²) < 4.78 is 0. The van der Waals surface area contributed by atoms with E-state index in [0.29, 0.717) is 22.8 Å². The molecular formula is C29H43NO. The van der Waals surface area contributed by atoms with Gasteiger partial charge in [-0.25, -0.2) is 0 Å². The number of piperidine rings is 1. The first-order valence-electron chi connectivity index (χ1n) is 13.2. The predicted octanol–water partition coefficient (Wildman–Crippen LogP) is 6.88. The Morgan fingerprint density at radius 1 is 0.903 bits per heavy atom. The van der Waals surface area contributed by atoms with Crippen molar-refractivity contribution in [2.24, 2.45) is 34.5 Å². The van der Waals surface area contributed by atoms with Gasteiger partial charge in [0.05, 0.1) is 0 Å². The molecule has 1 aromatic carbocycles. The molecular weight excluding hydrogens is 378 g/mol. The van der Waals surface area contributed by atoms with Crippen molar-refractivity contribution in [3.63, 3.8) is 0 Å². The molecule has 1 aromatic rings. The van der Waals surface area contributed by atoms with E-state index in [2.05, 4.69) is 56.1 Å². The van der Waals surface area contributed by atoms with Gasteiger partial charge in [0.15, 0.2) is 0 Å². The Kier molecular flexibility index (Phi) is 5.72. The van der Waals surface area contributed by atoms with Crippen LogP contribution in [0.3, 0.4) is 0 Å². The number of amides is 1. The molecule has 2 heteroatoms. The molecule has 3 saturated carbocycles. The standard InChI is InChI=1S/C29H43NO/c1-28-19-17-25-23(14-16-26-29(25,2)20-18-27(31)30(26)3)24(28)15-13-22(28)12-8-7-11-21-9-5-4-6-10-21/h4-6,9-10,22-26H,7-8,11-20H2,1-3H3/t22-,23-,24-,25-,26+,28+,29+/m0/s1. The molecule has 4 aliphatic rings. The van der Waals surface area contributed by atoms with Crippen molar-refractivity contribution in [1.82, 2.24) is 4.90 Å². The number of nitrogens with zero attached hydrogens (tertiary/aromatic N) is 1. The number of benzene rings is 1. The Bertz CT molecular complexity index is 789. The number of aryl methyl sites for hydroxylation is 1. The maximum atomic E-state index is 12.4. The number of unbranched alkanes of at least 4 members (excludes halogenated alkanes) is 1. The van der Waals surface area contributed by atoms with Gasteiger partial charge in [-0.15, -0.1) is 0 Å². The van der Waals surface area contributed by atoms with Crippen molar-refractivity contribution < 1.29 is 4.79 Å². The molecule has 1 amide bonds. The van der Waals surface area contributed by atoms with E-state index in [1.807, 2.05) is 0 Å². The highest BCUT2D eigenvalue weighted by atomic mass is 16.2. The lowest BCUT2D eigenvalue weighted by Gasteiger charge is -2.62. The van der Waals surface area contributed by atoms with E-state index in [-0.39, 0.29) is 0 Å². The monoisotopic (exact) mass is 421 g/mol. The van der Waals surface area contributed by atoms with Crippen LogP contribution in [-0.4, -0.2) is 23.9 Å². The SMILES string of the molecule is CN1C(=O)CC[C@]2(C)[C@H]3CC[C@]4(C)[C@@H](CCCCc5ccccc5)CC[C@H]4[C@@H]3CC[C@@H]12. The first-order valence-corrected chi connectivity index (χ1v) is 13.2. The molecule has 0 aromatic heterocycles. The van der Waals surface area contributed by atoms with E-state index in [9.17, 15) is 4.79 Å². The molecule has 0 radical (unpaired) electrons. The first kappa shape index (κ1) is 21.5. The Labute approximate surface area is 190 Å². The Hall–Kier alpha value is -1.31. The van der Waals surface area contributed by atoms with Crippen LogP contribution in [-0.2, 0) is 11.2 Å². The fourth-order valence-electron chi connectivity index (χ4n) is 9.10. The van der Waals surface area contributed by atoms with Gasteiger partial charge in [0, 0.05) is 19.5 Å². The van der Waals surface area contributed by atoms with E-state index in [0.717, 1.165) is 36.5 Å². The van der Waals surface area contributed by atoms with Crippen molar-refractivity contribution in [1.29, 1.82) is 0 Å². The quantitative estimate of drug-likeness (QED) is 0.475. The lowest BCUT2D eigenvalue weighted by atomic mass is 9.46. The first-order chi connectivity index (χ1) is 14.9. The highest BCUT2D eigenvalue weighted by Crippen LogP contribution is 2.66. The average Bonchev–Trinajstić information content (AvgIpc) is 3.11. The summed E-state index contributed by atoms with van der Waals surface area (Å²) in [7, 11) is 2.08. The summed E-state index contributed by atoms with van der Waals surface area (Å²) >= 11 is 0. The van der Waals surface area contributed by atoms with Crippen LogP contribution in [0.15, 0.2) is 30.3 Å². The third-order valence-electron chi connectivity index (χ3n) is 10.9. The topological polar surface area (TPSA) is 20.3 Å². The summed E-state index contributed by atoms with van der Waals surface area (Å²) in [6, 6.07) is 11.5. The van der Waals surface area contributed by atoms with Crippen molar-refractivity contribution >= 4 is 5.91 Å². The van der Waals surface area contributed by atoms with Crippen LogP contribution in [0.5, 0.6) is 0 Å². The zero-order chi connectivity index (χ0) is 21.6. The fraction of sp³-hybridized carbons (Fsp3) is 0.759. The summed E-state index contributed by atoms with van der Waals surface area (Å²) in [5.74, 6) is 4.02. The molecule has 5 rings (SSSR count). The third kappa shape index (κ3) is 3.57. The third-order valence-corrected chi connectivity index (χ3v) is 10.9. The van der Waals surface area contributed by atoms with Gasteiger partial charge in [0.25, 0.3) is 0 Å². The zero-order valence-corrected chi connectivity index (χ0v) is 20.1. The molecule has 0 N–H and O–H groups in total. The maximum absolute atomic E-state index is 12.4. The molecule has 7 atom stereocenters. The van der Waals surface area contributed by atoms with Gasteiger partial charge in [0.1, 0.15) is 0 Å². The van der Waals surface area contributed by atoms with Crippen LogP contribution in [0.1, 0.15) is 90.0 Å². The normalized spacial score (nSPS) is 42.1. The minimum atomic E-state index is 0.362. The fourth-order valence-corrected chi connectivity index (χ4v) is 9.10. The van der Waals surface area contributed by atoms with Gasteiger partial charge in [-0.3, -0.25) is 4.79 Å². The second-order valence-electron chi connectivity index (χ2n) is 12.0. The van der Waals surface area contributed by atoms with Crippen LogP contribution < -0.4 is 0 Å². The van der Waals surface area contributed by atoms with Gasteiger partial charge in [-0.05, 0) is 104 Å². The van der Waals surface area contributed by atoms with Gasteiger partial charge in [-0.1, -0.05) is 50.6 Å². The zero-order valence-electron chi connectivity index (χ0n) is 20.1. The second kappa shape index (κ2) is 8.23. The molecule has 2 nitrogen and oxygen atoms in total. The van der Waals surface area contributed by atoms with E-state index in [1.54, 1.807) is 0 Å². The summed E-state index contributed by atoms with van der Waals surface area (Å²) in [5, 5.41) is 0. The van der Waals surface area contributed by atoms with Gasteiger partial charge in [-0.2, -0.15) is 0 Å². The molecule has 1 aliphatic heterocycles. The summed E-state index contributed by atoms with van der Waals surface area (Å²) in [4.78, 5) is 14.5. The smallest absolute Gasteiger partial charge is 0.222 e. The van der Waals surface area contributed by atoms with E-state index >= 15 is 0 Å². The molecule has 1 heterocycles.